The van der Waals surface area contributed by atoms with E-state index in [0.29, 0.717) is 23.7 Å². The Hall–Kier alpha value is -1.51. The Kier molecular flexibility index (Phi) is 4.65. The van der Waals surface area contributed by atoms with Gasteiger partial charge in [0, 0.05) is 19.0 Å². The lowest BCUT2D eigenvalue weighted by molar-refractivity contribution is 0.314. The van der Waals surface area contributed by atoms with E-state index < -0.39 is 10.0 Å². The lowest BCUT2D eigenvalue weighted by Gasteiger charge is -2.30. The second-order valence-corrected chi connectivity index (χ2v) is 8.69. The third kappa shape index (κ3) is 3.39. The van der Waals surface area contributed by atoms with E-state index in [9.17, 15) is 8.42 Å². The van der Waals surface area contributed by atoms with Crippen LogP contribution in [0.25, 0.3) is 0 Å². The minimum Gasteiger partial charge on any atom is -0.497 e. The number of rotatable bonds is 4. The van der Waals surface area contributed by atoms with Crippen molar-refractivity contribution < 1.29 is 13.2 Å². The summed E-state index contributed by atoms with van der Waals surface area (Å²) < 4.78 is 32.3. The molecule has 0 aliphatic carbocycles. The molecule has 1 aromatic carbocycles. The van der Waals surface area contributed by atoms with E-state index in [1.807, 2.05) is 6.92 Å². The Morgan fingerprint density at radius 2 is 2.00 bits per heavy atom. The Morgan fingerprint density at radius 1 is 1.26 bits per heavy atom. The lowest BCUT2D eigenvalue weighted by Crippen LogP contribution is -2.39. The second kappa shape index (κ2) is 6.54. The fourth-order valence-corrected chi connectivity index (χ4v) is 5.08. The van der Waals surface area contributed by atoms with E-state index in [-0.39, 0.29) is 5.92 Å². The van der Waals surface area contributed by atoms with Crippen LogP contribution in [-0.4, -0.2) is 43.1 Å². The monoisotopic (exact) mass is 353 g/mol. The highest BCUT2D eigenvalue weighted by molar-refractivity contribution is 7.89. The van der Waals surface area contributed by atoms with Crippen molar-refractivity contribution in [2.24, 2.45) is 0 Å². The smallest absolute Gasteiger partial charge is 0.243 e. The molecule has 0 spiro atoms. The number of ether oxygens (including phenoxy) is 1. The molecule has 8 heteroatoms. The van der Waals surface area contributed by atoms with E-state index in [1.54, 1.807) is 47.0 Å². The largest absolute Gasteiger partial charge is 0.497 e. The zero-order valence-electron chi connectivity index (χ0n) is 13.1. The molecule has 1 aliphatic rings. The number of hydrogen-bond donors (Lipinski definition) is 0. The molecule has 1 saturated heterocycles. The molecule has 124 valence electrons. The number of sulfonamides is 1. The van der Waals surface area contributed by atoms with E-state index in [0.717, 1.165) is 22.9 Å². The van der Waals surface area contributed by atoms with Gasteiger partial charge in [-0.15, -0.1) is 21.5 Å². The van der Waals surface area contributed by atoms with E-state index in [1.165, 1.54) is 0 Å². The molecule has 2 aromatic rings. The van der Waals surface area contributed by atoms with Crippen LogP contribution < -0.4 is 4.74 Å². The summed E-state index contributed by atoms with van der Waals surface area (Å²) in [7, 11) is -1.93. The number of nitrogens with zero attached hydrogens (tertiary/aromatic N) is 3. The summed E-state index contributed by atoms with van der Waals surface area (Å²) >= 11 is 1.55. The van der Waals surface area contributed by atoms with Crippen LogP contribution in [0.2, 0.25) is 0 Å². The summed E-state index contributed by atoms with van der Waals surface area (Å²) in [5, 5.41) is 10.1. The molecule has 1 fully saturated rings. The van der Waals surface area contributed by atoms with Crippen molar-refractivity contribution in [3.05, 3.63) is 34.3 Å². The highest BCUT2D eigenvalue weighted by atomic mass is 32.2. The van der Waals surface area contributed by atoms with Crippen LogP contribution in [0, 0.1) is 6.92 Å². The molecule has 0 saturated carbocycles. The molecule has 1 atom stereocenters. The van der Waals surface area contributed by atoms with Crippen molar-refractivity contribution in [2.75, 3.05) is 20.2 Å². The molecule has 0 bridgehead atoms. The number of aromatic nitrogens is 2. The van der Waals surface area contributed by atoms with E-state index in [2.05, 4.69) is 10.2 Å². The maximum atomic E-state index is 12.8. The summed E-state index contributed by atoms with van der Waals surface area (Å²) in [6, 6.07) is 6.52. The van der Waals surface area contributed by atoms with Gasteiger partial charge < -0.3 is 4.74 Å². The van der Waals surface area contributed by atoms with Crippen LogP contribution in [0.4, 0.5) is 0 Å². The first-order valence-corrected chi connectivity index (χ1v) is 9.70. The highest BCUT2D eigenvalue weighted by Crippen LogP contribution is 2.32. The van der Waals surface area contributed by atoms with E-state index >= 15 is 0 Å². The second-order valence-electron chi connectivity index (χ2n) is 5.54. The Bertz CT molecular complexity index is 772. The number of aryl methyl sites for hydroxylation is 1. The summed E-state index contributed by atoms with van der Waals surface area (Å²) in [5.74, 6) is 0.771. The van der Waals surface area contributed by atoms with Crippen LogP contribution in [0.3, 0.4) is 0 Å². The first-order chi connectivity index (χ1) is 11.0. The van der Waals surface area contributed by atoms with Gasteiger partial charge in [0.25, 0.3) is 0 Å². The van der Waals surface area contributed by atoms with Gasteiger partial charge in [-0.05, 0) is 44.0 Å². The molecular weight excluding hydrogens is 334 g/mol. The molecule has 23 heavy (non-hydrogen) atoms. The van der Waals surface area contributed by atoms with Gasteiger partial charge in [0.15, 0.2) is 0 Å². The number of methoxy groups -OCH3 is 1. The van der Waals surface area contributed by atoms with Crippen molar-refractivity contribution in [3.8, 4) is 5.75 Å². The van der Waals surface area contributed by atoms with Gasteiger partial charge in [-0.2, -0.15) is 4.31 Å². The molecular formula is C15H19N3O3S2. The zero-order valence-corrected chi connectivity index (χ0v) is 14.7. The Morgan fingerprint density at radius 3 is 2.61 bits per heavy atom. The molecule has 0 radical (unpaired) electrons. The first-order valence-electron chi connectivity index (χ1n) is 7.45. The third-order valence-electron chi connectivity index (χ3n) is 3.97. The molecule has 0 N–H and O–H groups in total. The molecule has 2 heterocycles. The molecule has 3 rings (SSSR count). The van der Waals surface area contributed by atoms with Crippen LogP contribution in [-0.2, 0) is 10.0 Å². The minimum atomic E-state index is -3.49. The Balaban J connectivity index is 1.81. The topological polar surface area (TPSA) is 72.4 Å². The number of benzene rings is 1. The Labute approximate surface area is 140 Å². The maximum absolute atomic E-state index is 12.8. The molecule has 0 amide bonds. The fraction of sp³-hybridized carbons (Fsp3) is 0.467. The number of piperidine rings is 1. The fourth-order valence-electron chi connectivity index (χ4n) is 2.74. The summed E-state index contributed by atoms with van der Waals surface area (Å²) in [5.41, 5.74) is 0. The van der Waals surface area contributed by atoms with Gasteiger partial charge in [0.2, 0.25) is 10.0 Å². The lowest BCUT2D eigenvalue weighted by atomic mass is 10.0. The van der Waals surface area contributed by atoms with Gasteiger partial charge >= 0.3 is 0 Å². The van der Waals surface area contributed by atoms with Gasteiger partial charge in [0.05, 0.1) is 12.0 Å². The van der Waals surface area contributed by atoms with Crippen molar-refractivity contribution >= 4 is 21.4 Å². The zero-order chi connectivity index (χ0) is 16.4. The molecule has 6 nitrogen and oxygen atoms in total. The predicted molar refractivity (Wildman–Crippen MR) is 88.4 cm³/mol. The van der Waals surface area contributed by atoms with E-state index in [4.69, 9.17) is 4.74 Å². The van der Waals surface area contributed by atoms with Crippen molar-refractivity contribution in [3.63, 3.8) is 0 Å². The van der Waals surface area contributed by atoms with Gasteiger partial charge in [0.1, 0.15) is 15.8 Å². The van der Waals surface area contributed by atoms with Crippen molar-refractivity contribution in [1.82, 2.24) is 14.5 Å². The summed E-state index contributed by atoms with van der Waals surface area (Å²) in [6.07, 6.45) is 1.78. The van der Waals surface area contributed by atoms with Crippen molar-refractivity contribution in [1.29, 1.82) is 0 Å². The normalized spacial score (nSPS) is 19.7. The average molecular weight is 353 g/mol. The minimum absolute atomic E-state index is 0.128. The van der Waals surface area contributed by atoms with Gasteiger partial charge in [-0.3, -0.25) is 0 Å². The first kappa shape index (κ1) is 16.4. The quantitative estimate of drug-likeness (QED) is 0.844. The average Bonchev–Trinajstić information content (AvgIpc) is 3.01. The highest BCUT2D eigenvalue weighted by Gasteiger charge is 2.32. The SMILES string of the molecule is COc1ccc(S(=O)(=O)N2CCCC(c3nnc(C)s3)C2)cc1. The van der Waals surface area contributed by atoms with Crippen LogP contribution in [0.1, 0.15) is 28.8 Å². The van der Waals surface area contributed by atoms with Gasteiger partial charge in [-0.1, -0.05) is 0 Å². The maximum Gasteiger partial charge on any atom is 0.243 e. The molecule has 1 unspecified atom stereocenters. The van der Waals surface area contributed by atoms with Crippen molar-refractivity contribution in [2.45, 2.75) is 30.6 Å². The van der Waals surface area contributed by atoms with Crippen LogP contribution in [0.5, 0.6) is 5.75 Å². The van der Waals surface area contributed by atoms with Gasteiger partial charge in [-0.25, -0.2) is 8.42 Å². The molecule has 1 aliphatic heterocycles. The number of hydrogen-bond acceptors (Lipinski definition) is 6. The third-order valence-corrected chi connectivity index (χ3v) is 6.85. The molecule has 1 aromatic heterocycles. The van der Waals surface area contributed by atoms with Crippen LogP contribution >= 0.6 is 11.3 Å². The van der Waals surface area contributed by atoms with Crippen LogP contribution in [0.15, 0.2) is 29.2 Å². The predicted octanol–water partition coefficient (Wildman–Crippen LogP) is 2.42. The standard InChI is InChI=1S/C15H19N3O3S2/c1-11-16-17-15(22-11)12-4-3-9-18(10-12)23(19,20)14-7-5-13(21-2)6-8-14/h5-8,12H,3-4,9-10H2,1-2H3. The summed E-state index contributed by atoms with van der Waals surface area (Å²) in [4.78, 5) is 0.299. The summed E-state index contributed by atoms with van der Waals surface area (Å²) in [6.45, 7) is 2.92.